The van der Waals surface area contributed by atoms with E-state index in [1.807, 2.05) is 0 Å². The highest BCUT2D eigenvalue weighted by Gasteiger charge is 2.48. The number of hydrogen-bond acceptors (Lipinski definition) is 8. The third kappa shape index (κ3) is 6.78. The Morgan fingerprint density at radius 2 is 1.93 bits per heavy atom. The van der Waals surface area contributed by atoms with Gasteiger partial charge >= 0.3 is 12.2 Å². The van der Waals surface area contributed by atoms with Gasteiger partial charge in [0.2, 0.25) is 0 Å². The lowest BCUT2D eigenvalue weighted by Gasteiger charge is -2.44. The van der Waals surface area contributed by atoms with Crippen LogP contribution in [0.4, 0.5) is 18.0 Å². The molecule has 2 rings (SSSR count). The van der Waals surface area contributed by atoms with Gasteiger partial charge in [-0.2, -0.15) is 24.9 Å². The van der Waals surface area contributed by atoms with E-state index in [9.17, 15) is 38.4 Å². The first-order chi connectivity index (χ1) is 13.9. The number of nitrogens with zero attached hydrogens (tertiary/aromatic N) is 1. The van der Waals surface area contributed by atoms with Gasteiger partial charge in [-0.05, 0) is 19.6 Å². The van der Waals surface area contributed by atoms with Crippen LogP contribution in [0.2, 0.25) is 0 Å². The molecule has 0 bridgehead atoms. The van der Waals surface area contributed by atoms with Crippen LogP contribution in [0.15, 0.2) is 0 Å². The molecule has 0 aromatic rings. The molecular formula is C17H29F3N2O6S2. The maximum Gasteiger partial charge on any atom is 0.389 e. The zero-order valence-corrected chi connectivity index (χ0v) is 18.3. The molecule has 2 heterocycles. The molecule has 8 nitrogen and oxygen atoms in total. The van der Waals surface area contributed by atoms with Crippen LogP contribution in [0.25, 0.3) is 0 Å². The van der Waals surface area contributed by atoms with Crippen molar-refractivity contribution in [2.75, 3.05) is 25.1 Å². The Kier molecular flexibility index (Phi) is 9.40. The minimum Gasteiger partial charge on any atom is -0.391 e. The van der Waals surface area contributed by atoms with Crippen LogP contribution in [-0.4, -0.2) is 110 Å². The van der Waals surface area contributed by atoms with Gasteiger partial charge in [-0.3, -0.25) is 0 Å². The number of ether oxygens (including phenoxy) is 1. The van der Waals surface area contributed by atoms with E-state index < -0.39 is 60.6 Å². The number of carbonyl (C=O) groups excluding carboxylic acids is 1. The van der Waals surface area contributed by atoms with Crippen LogP contribution in [0.1, 0.15) is 19.8 Å². The monoisotopic (exact) mass is 478 g/mol. The number of alkyl halides is 3. The highest BCUT2D eigenvalue weighted by Crippen LogP contribution is 2.30. The van der Waals surface area contributed by atoms with Crippen LogP contribution >= 0.6 is 23.5 Å². The van der Waals surface area contributed by atoms with Crippen LogP contribution in [0.5, 0.6) is 0 Å². The van der Waals surface area contributed by atoms with Crippen LogP contribution in [0.3, 0.4) is 0 Å². The zero-order valence-electron chi connectivity index (χ0n) is 16.7. The summed E-state index contributed by atoms with van der Waals surface area (Å²) < 4.78 is 42.5. The number of thioether (sulfide) groups is 2. The third-order valence-corrected chi connectivity index (χ3v) is 7.32. The summed E-state index contributed by atoms with van der Waals surface area (Å²) in [6, 6.07) is -1.61. The first-order valence-electron chi connectivity index (χ1n) is 9.59. The molecule has 5 N–H and O–H groups in total. The van der Waals surface area contributed by atoms with Gasteiger partial charge in [0, 0.05) is 24.1 Å². The summed E-state index contributed by atoms with van der Waals surface area (Å²) >= 11 is 2.29. The topological polar surface area (TPSA) is 122 Å². The van der Waals surface area contributed by atoms with E-state index in [4.69, 9.17) is 4.74 Å². The summed E-state index contributed by atoms with van der Waals surface area (Å²) in [7, 11) is 0. The predicted octanol–water partition coefficient (Wildman–Crippen LogP) is 0.376. The first kappa shape index (κ1) is 25.8. The van der Waals surface area contributed by atoms with Crippen molar-refractivity contribution in [3.05, 3.63) is 0 Å². The molecule has 2 aliphatic rings. The lowest BCUT2D eigenvalue weighted by molar-refractivity contribution is -0.209. The normalized spacial score (nSPS) is 34.6. The summed E-state index contributed by atoms with van der Waals surface area (Å²) in [5.74, 6) is -0.0711. The lowest BCUT2D eigenvalue weighted by atomic mass is 9.92. The molecule has 0 saturated carbocycles. The van der Waals surface area contributed by atoms with E-state index in [-0.39, 0.29) is 17.5 Å². The van der Waals surface area contributed by atoms with Gasteiger partial charge in [0.25, 0.3) is 0 Å². The second-order valence-corrected chi connectivity index (χ2v) is 9.83. The zero-order chi connectivity index (χ0) is 22.6. The molecular weight excluding hydrogens is 449 g/mol. The van der Waals surface area contributed by atoms with E-state index in [0.717, 1.165) is 11.8 Å². The molecule has 2 saturated heterocycles. The van der Waals surface area contributed by atoms with Crippen LogP contribution in [0, 0.1) is 0 Å². The molecule has 2 amide bonds. The third-order valence-electron chi connectivity index (χ3n) is 5.17. The van der Waals surface area contributed by atoms with Gasteiger partial charge < -0.3 is 35.4 Å². The number of hydrogen-bond donors (Lipinski definition) is 5. The number of aliphatic hydroxyl groups excluding tert-OH is 4. The lowest BCUT2D eigenvalue weighted by Crippen LogP contribution is -2.65. The van der Waals surface area contributed by atoms with Crippen molar-refractivity contribution in [1.29, 1.82) is 0 Å². The van der Waals surface area contributed by atoms with Crippen molar-refractivity contribution < 1.29 is 43.1 Å². The van der Waals surface area contributed by atoms with Gasteiger partial charge in [-0.1, -0.05) is 0 Å². The van der Waals surface area contributed by atoms with E-state index in [1.54, 1.807) is 6.26 Å². The average Bonchev–Trinajstić information content (AvgIpc) is 3.12. The highest BCUT2D eigenvalue weighted by molar-refractivity contribution is 8.00. The molecule has 8 unspecified atom stereocenters. The fourth-order valence-electron chi connectivity index (χ4n) is 3.47. The maximum absolute atomic E-state index is 12.6. The summed E-state index contributed by atoms with van der Waals surface area (Å²) in [5, 5.41) is 43.0. The van der Waals surface area contributed by atoms with Crippen molar-refractivity contribution in [3.8, 4) is 0 Å². The largest absolute Gasteiger partial charge is 0.391 e. The van der Waals surface area contributed by atoms with Gasteiger partial charge in [-0.25, -0.2) is 4.79 Å². The number of nitrogens with one attached hydrogen (secondary N) is 1. The average molecular weight is 479 g/mol. The number of halogens is 3. The van der Waals surface area contributed by atoms with Crippen molar-refractivity contribution in [1.82, 2.24) is 10.2 Å². The predicted molar refractivity (Wildman–Crippen MR) is 107 cm³/mol. The van der Waals surface area contributed by atoms with E-state index >= 15 is 0 Å². The van der Waals surface area contributed by atoms with Crippen molar-refractivity contribution in [2.24, 2.45) is 0 Å². The van der Waals surface area contributed by atoms with Gasteiger partial charge in [0.05, 0.1) is 18.6 Å². The number of amides is 2. The Hall–Kier alpha value is -0.440. The van der Waals surface area contributed by atoms with E-state index in [0.29, 0.717) is 13.0 Å². The SMILES string of the molecule is CSC1OC(C(NC(=O)N2CCC(SCCC(F)(F)F)C2)C(C)O)C(O)C(O)C1O. The molecule has 0 aromatic carbocycles. The van der Waals surface area contributed by atoms with Crippen molar-refractivity contribution in [2.45, 2.75) is 73.2 Å². The number of aliphatic hydroxyl groups is 4. The summed E-state index contributed by atoms with van der Waals surface area (Å²) in [6.45, 7) is 2.01. The molecule has 30 heavy (non-hydrogen) atoms. The molecule has 0 spiro atoms. The molecule has 13 heteroatoms. The van der Waals surface area contributed by atoms with Gasteiger partial charge in [0.15, 0.2) is 0 Å². The Balaban J connectivity index is 1.94. The van der Waals surface area contributed by atoms with Gasteiger partial charge in [-0.15, -0.1) is 11.8 Å². The molecule has 0 aliphatic carbocycles. The first-order valence-corrected chi connectivity index (χ1v) is 11.9. The summed E-state index contributed by atoms with van der Waals surface area (Å²) in [5.41, 5.74) is -0.854. The molecule has 2 fully saturated rings. The smallest absolute Gasteiger partial charge is 0.389 e. The van der Waals surface area contributed by atoms with E-state index in [2.05, 4.69) is 5.32 Å². The van der Waals surface area contributed by atoms with Crippen LogP contribution < -0.4 is 5.32 Å². The Morgan fingerprint density at radius 3 is 2.50 bits per heavy atom. The van der Waals surface area contributed by atoms with E-state index in [1.165, 1.54) is 23.6 Å². The minimum absolute atomic E-state index is 0.0711. The van der Waals surface area contributed by atoms with Crippen LogP contribution in [-0.2, 0) is 4.74 Å². The number of carbonyl (C=O) groups is 1. The molecule has 2 aliphatic heterocycles. The Morgan fingerprint density at radius 1 is 1.27 bits per heavy atom. The van der Waals surface area contributed by atoms with Crippen molar-refractivity contribution in [3.63, 3.8) is 0 Å². The van der Waals surface area contributed by atoms with Crippen molar-refractivity contribution >= 4 is 29.6 Å². The minimum atomic E-state index is -4.21. The summed E-state index contributed by atoms with van der Waals surface area (Å²) in [6.07, 6.45) is -9.57. The molecule has 176 valence electrons. The second-order valence-electron chi connectivity index (χ2n) is 7.49. The fraction of sp³-hybridized carbons (Fsp3) is 0.941. The van der Waals surface area contributed by atoms with Gasteiger partial charge in [0.1, 0.15) is 29.9 Å². The highest BCUT2D eigenvalue weighted by atomic mass is 32.2. The Labute approximate surface area is 181 Å². The number of rotatable bonds is 7. The number of urea groups is 1. The number of likely N-dealkylation sites (tertiary alicyclic amines) is 1. The quantitative estimate of drug-likeness (QED) is 0.356. The standard InChI is InChI=1S/C17H29F3N2O6S2/c1-8(23)10(14-12(25)11(24)13(26)15(28-14)29-2)21-16(27)22-5-3-9(7-22)30-6-4-17(18,19)20/h8-15,23-26H,3-7H2,1-2H3,(H,21,27). The second kappa shape index (κ2) is 10.9. The molecule has 0 radical (unpaired) electrons. The maximum atomic E-state index is 12.6. The Bertz CT molecular complexity index is 572. The molecule has 0 aromatic heterocycles. The summed E-state index contributed by atoms with van der Waals surface area (Å²) in [4.78, 5) is 14.1. The fourth-order valence-corrected chi connectivity index (χ4v) is 5.39. The molecule has 8 atom stereocenters.